The summed E-state index contributed by atoms with van der Waals surface area (Å²) in [6.07, 6.45) is 3.55. The van der Waals surface area contributed by atoms with Crippen LogP contribution in [0.1, 0.15) is 40.0 Å². The van der Waals surface area contributed by atoms with Crippen molar-refractivity contribution in [1.29, 1.82) is 0 Å². The molecule has 2 atom stereocenters. The summed E-state index contributed by atoms with van der Waals surface area (Å²) in [6.45, 7) is 7.70. The Bertz CT molecular complexity index is 221. The van der Waals surface area contributed by atoms with Crippen molar-refractivity contribution in [2.24, 2.45) is 17.6 Å². The fourth-order valence-electron chi connectivity index (χ4n) is 2.31. The van der Waals surface area contributed by atoms with E-state index < -0.39 is 0 Å². The van der Waals surface area contributed by atoms with Crippen LogP contribution in [0.15, 0.2) is 0 Å². The zero-order chi connectivity index (χ0) is 11.4. The largest absolute Gasteiger partial charge is 0.339 e. The summed E-state index contributed by atoms with van der Waals surface area (Å²) in [5, 5.41) is 0. The van der Waals surface area contributed by atoms with Crippen LogP contribution in [0.4, 0.5) is 0 Å². The summed E-state index contributed by atoms with van der Waals surface area (Å²) in [6, 6.07) is 0.431. The summed E-state index contributed by atoms with van der Waals surface area (Å²) in [5.74, 6) is 0.777. The van der Waals surface area contributed by atoms with Gasteiger partial charge in [-0.15, -0.1) is 12.4 Å². The van der Waals surface area contributed by atoms with Crippen LogP contribution < -0.4 is 5.73 Å². The molecule has 0 spiro atoms. The Labute approximate surface area is 105 Å². The monoisotopic (exact) mass is 248 g/mol. The second kappa shape index (κ2) is 7.13. The highest BCUT2D eigenvalue weighted by molar-refractivity contribution is 5.85. The van der Waals surface area contributed by atoms with Gasteiger partial charge in [-0.3, -0.25) is 4.79 Å². The van der Waals surface area contributed by atoms with Gasteiger partial charge in [-0.2, -0.15) is 0 Å². The molecular formula is C12H25ClN2O. The molecule has 0 aromatic carbocycles. The van der Waals surface area contributed by atoms with E-state index in [1.54, 1.807) is 0 Å². The standard InChI is InChI=1S/C12H24N2O.ClH/c1-9(2)11-6-4-5-7-14(11)12(15)10(3)8-13;/h9-11H,4-8,13H2,1-3H3;1H. The molecule has 1 saturated heterocycles. The third-order valence-corrected chi connectivity index (χ3v) is 3.38. The molecule has 4 heteroatoms. The topological polar surface area (TPSA) is 46.3 Å². The Hall–Kier alpha value is -0.280. The van der Waals surface area contributed by atoms with E-state index in [2.05, 4.69) is 18.7 Å². The normalized spacial score (nSPS) is 22.8. The fourth-order valence-corrected chi connectivity index (χ4v) is 2.31. The van der Waals surface area contributed by atoms with Gasteiger partial charge >= 0.3 is 0 Å². The van der Waals surface area contributed by atoms with Gasteiger partial charge in [0.1, 0.15) is 0 Å². The zero-order valence-corrected chi connectivity index (χ0v) is 11.4. The molecule has 0 radical (unpaired) electrons. The van der Waals surface area contributed by atoms with Crippen LogP contribution in [0.2, 0.25) is 0 Å². The second-order valence-electron chi connectivity index (χ2n) is 4.98. The first-order valence-electron chi connectivity index (χ1n) is 6.08. The van der Waals surface area contributed by atoms with Crippen LogP contribution >= 0.6 is 12.4 Å². The summed E-state index contributed by atoms with van der Waals surface area (Å²) in [5.41, 5.74) is 5.55. The third kappa shape index (κ3) is 3.63. The van der Waals surface area contributed by atoms with Gasteiger partial charge < -0.3 is 10.6 Å². The highest BCUT2D eigenvalue weighted by Crippen LogP contribution is 2.24. The van der Waals surface area contributed by atoms with E-state index in [0.29, 0.717) is 18.5 Å². The maximum absolute atomic E-state index is 12.1. The molecule has 1 amide bonds. The SMILES string of the molecule is CC(CN)C(=O)N1CCCCC1C(C)C.Cl. The van der Waals surface area contributed by atoms with Crippen LogP contribution in [0.3, 0.4) is 0 Å². The average Bonchev–Trinajstić information content (AvgIpc) is 2.27. The summed E-state index contributed by atoms with van der Waals surface area (Å²) >= 11 is 0. The lowest BCUT2D eigenvalue weighted by Crippen LogP contribution is -2.49. The number of carbonyl (C=O) groups is 1. The second-order valence-corrected chi connectivity index (χ2v) is 4.98. The molecule has 1 rings (SSSR count). The van der Waals surface area contributed by atoms with Crippen molar-refractivity contribution in [2.75, 3.05) is 13.1 Å². The predicted molar refractivity (Wildman–Crippen MR) is 69.7 cm³/mol. The van der Waals surface area contributed by atoms with Crippen molar-refractivity contribution in [3.8, 4) is 0 Å². The number of nitrogens with two attached hydrogens (primary N) is 1. The molecule has 96 valence electrons. The lowest BCUT2D eigenvalue weighted by atomic mass is 9.91. The number of carbonyl (C=O) groups excluding carboxylic acids is 1. The number of amides is 1. The molecular weight excluding hydrogens is 224 g/mol. The van der Waals surface area contributed by atoms with Crippen LogP contribution in [0.5, 0.6) is 0 Å². The molecule has 16 heavy (non-hydrogen) atoms. The number of piperidine rings is 1. The Kier molecular flexibility index (Phi) is 7.00. The fraction of sp³-hybridized carbons (Fsp3) is 0.917. The highest BCUT2D eigenvalue weighted by Gasteiger charge is 2.30. The lowest BCUT2D eigenvalue weighted by Gasteiger charge is -2.39. The van der Waals surface area contributed by atoms with Crippen LogP contribution in [-0.2, 0) is 4.79 Å². The summed E-state index contributed by atoms with van der Waals surface area (Å²) < 4.78 is 0. The number of rotatable bonds is 3. The van der Waals surface area contributed by atoms with Crippen molar-refractivity contribution in [1.82, 2.24) is 4.90 Å². The van der Waals surface area contributed by atoms with E-state index in [4.69, 9.17) is 5.73 Å². The molecule has 0 aromatic rings. The van der Waals surface area contributed by atoms with E-state index >= 15 is 0 Å². The summed E-state index contributed by atoms with van der Waals surface area (Å²) in [7, 11) is 0. The lowest BCUT2D eigenvalue weighted by molar-refractivity contribution is -0.139. The van der Waals surface area contributed by atoms with Gasteiger partial charge in [0, 0.05) is 25.0 Å². The Morgan fingerprint density at radius 2 is 2.00 bits per heavy atom. The maximum atomic E-state index is 12.1. The zero-order valence-electron chi connectivity index (χ0n) is 10.6. The number of nitrogens with zero attached hydrogens (tertiary/aromatic N) is 1. The minimum atomic E-state index is -0.0238. The first kappa shape index (κ1) is 15.7. The quantitative estimate of drug-likeness (QED) is 0.831. The van der Waals surface area contributed by atoms with Crippen molar-refractivity contribution >= 4 is 18.3 Å². The minimum Gasteiger partial charge on any atom is -0.339 e. The molecule has 1 aliphatic rings. The van der Waals surface area contributed by atoms with E-state index in [9.17, 15) is 4.79 Å². The molecule has 0 bridgehead atoms. The Balaban J connectivity index is 0.00000225. The molecule has 1 aliphatic heterocycles. The number of likely N-dealkylation sites (tertiary alicyclic amines) is 1. The molecule has 0 aliphatic carbocycles. The molecule has 1 fully saturated rings. The van der Waals surface area contributed by atoms with Crippen molar-refractivity contribution in [3.63, 3.8) is 0 Å². The maximum Gasteiger partial charge on any atom is 0.226 e. The summed E-state index contributed by atoms with van der Waals surface area (Å²) in [4.78, 5) is 14.2. The first-order valence-corrected chi connectivity index (χ1v) is 6.08. The average molecular weight is 249 g/mol. The predicted octanol–water partition coefficient (Wildman–Crippen LogP) is 2.04. The molecule has 0 aromatic heterocycles. The van der Waals surface area contributed by atoms with Crippen molar-refractivity contribution < 1.29 is 4.79 Å². The first-order chi connectivity index (χ1) is 7.07. The Morgan fingerprint density at radius 3 is 2.50 bits per heavy atom. The molecule has 1 heterocycles. The van der Waals surface area contributed by atoms with Crippen LogP contribution in [0.25, 0.3) is 0 Å². The number of halogens is 1. The van der Waals surface area contributed by atoms with Crippen LogP contribution in [0, 0.1) is 11.8 Å². The van der Waals surface area contributed by atoms with Gasteiger partial charge in [0.05, 0.1) is 0 Å². The van der Waals surface area contributed by atoms with Crippen LogP contribution in [-0.4, -0.2) is 29.9 Å². The smallest absolute Gasteiger partial charge is 0.226 e. The van der Waals surface area contributed by atoms with Crippen molar-refractivity contribution in [2.45, 2.75) is 46.1 Å². The third-order valence-electron chi connectivity index (χ3n) is 3.38. The molecule has 2 unspecified atom stereocenters. The number of hydrogen-bond acceptors (Lipinski definition) is 2. The van der Waals surface area contributed by atoms with Gasteiger partial charge in [0.25, 0.3) is 0 Å². The minimum absolute atomic E-state index is 0. The van der Waals surface area contributed by atoms with E-state index in [1.165, 1.54) is 6.42 Å². The van der Waals surface area contributed by atoms with Gasteiger partial charge in [-0.1, -0.05) is 20.8 Å². The van der Waals surface area contributed by atoms with Gasteiger partial charge in [0.15, 0.2) is 0 Å². The van der Waals surface area contributed by atoms with E-state index in [0.717, 1.165) is 19.4 Å². The van der Waals surface area contributed by atoms with E-state index in [-0.39, 0.29) is 24.2 Å². The molecule has 3 nitrogen and oxygen atoms in total. The van der Waals surface area contributed by atoms with Gasteiger partial charge in [0.2, 0.25) is 5.91 Å². The van der Waals surface area contributed by atoms with E-state index in [1.807, 2.05) is 6.92 Å². The van der Waals surface area contributed by atoms with Gasteiger partial charge in [-0.05, 0) is 25.2 Å². The van der Waals surface area contributed by atoms with Crippen molar-refractivity contribution in [3.05, 3.63) is 0 Å². The molecule has 2 N–H and O–H groups in total. The molecule has 0 saturated carbocycles. The van der Waals surface area contributed by atoms with Gasteiger partial charge in [-0.25, -0.2) is 0 Å². The highest BCUT2D eigenvalue weighted by atomic mass is 35.5. The number of hydrogen-bond donors (Lipinski definition) is 1. The Morgan fingerprint density at radius 1 is 1.38 bits per heavy atom.